The van der Waals surface area contributed by atoms with Crippen LogP contribution in [0.4, 0.5) is 20.3 Å². The van der Waals surface area contributed by atoms with Crippen LogP contribution >= 0.6 is 11.6 Å². The zero-order chi connectivity index (χ0) is 25.5. The van der Waals surface area contributed by atoms with Crippen molar-refractivity contribution >= 4 is 29.0 Å². The lowest BCUT2D eigenvalue weighted by Crippen LogP contribution is -2.76. The minimum absolute atomic E-state index is 0.0981. The molecule has 8 nitrogen and oxygen atoms in total. The number of hydrogen-bond acceptors (Lipinski definition) is 7. The van der Waals surface area contributed by atoms with Gasteiger partial charge in [-0.15, -0.1) is 0 Å². The molecule has 2 aliphatic carbocycles. The van der Waals surface area contributed by atoms with Gasteiger partial charge in [-0.3, -0.25) is 10.5 Å². The van der Waals surface area contributed by atoms with E-state index in [9.17, 15) is 13.6 Å². The number of likely N-dealkylation sites (tertiary alicyclic amines) is 1. The average Bonchev–Trinajstić information content (AvgIpc) is 3.26. The van der Waals surface area contributed by atoms with E-state index in [1.165, 1.54) is 6.33 Å². The second-order valence-electron chi connectivity index (χ2n) is 11.1. The summed E-state index contributed by atoms with van der Waals surface area (Å²) in [5, 5.41) is 2.70. The zero-order valence-corrected chi connectivity index (χ0v) is 20.9. The number of nitrogens with zero attached hydrogens (tertiary/aromatic N) is 3. The number of carbonyl (C=O) groups excluding carboxylic acids is 1. The summed E-state index contributed by atoms with van der Waals surface area (Å²) >= 11 is 6.04. The molecule has 3 heterocycles. The minimum atomic E-state index is -1.08. The lowest BCUT2D eigenvalue weighted by Gasteiger charge is -2.58. The Morgan fingerprint density at radius 2 is 2.11 bits per heavy atom. The molecule has 4 unspecified atom stereocenters. The normalized spacial score (nSPS) is 31.4. The molecule has 1 amide bonds. The molecule has 2 saturated heterocycles. The lowest BCUT2D eigenvalue weighted by atomic mass is 9.50. The second kappa shape index (κ2) is 7.97. The third-order valence-corrected chi connectivity index (χ3v) is 8.91. The maximum atomic E-state index is 14.3. The van der Waals surface area contributed by atoms with Gasteiger partial charge in [0, 0.05) is 42.8 Å². The first kappa shape index (κ1) is 23.8. The number of halogens is 3. The number of aromatic nitrogens is 2. The van der Waals surface area contributed by atoms with Crippen LogP contribution in [0.2, 0.25) is 5.02 Å². The molecule has 6 rings (SSSR count). The summed E-state index contributed by atoms with van der Waals surface area (Å²) in [4.78, 5) is 23.4. The first-order chi connectivity index (χ1) is 17.0. The van der Waals surface area contributed by atoms with Gasteiger partial charge in [0.15, 0.2) is 11.5 Å². The Morgan fingerprint density at radius 1 is 1.33 bits per heavy atom. The monoisotopic (exact) mass is 519 g/mol. The van der Waals surface area contributed by atoms with Crippen molar-refractivity contribution in [3.63, 3.8) is 0 Å². The Bertz CT molecular complexity index is 1240. The highest BCUT2D eigenvalue weighted by atomic mass is 35.5. The van der Waals surface area contributed by atoms with Gasteiger partial charge in [-0.25, -0.2) is 18.7 Å². The summed E-state index contributed by atoms with van der Waals surface area (Å²) in [6.07, 6.45) is 4.02. The summed E-state index contributed by atoms with van der Waals surface area (Å²) in [5.41, 5.74) is 6.12. The van der Waals surface area contributed by atoms with E-state index in [0.29, 0.717) is 38.3 Å². The molecule has 3 N–H and O–H groups in total. The number of rotatable bonds is 6. The topological polar surface area (TPSA) is 103 Å². The van der Waals surface area contributed by atoms with Crippen molar-refractivity contribution in [3.8, 4) is 5.88 Å². The molecule has 2 saturated carbocycles. The second-order valence-corrected chi connectivity index (χ2v) is 11.5. The molecule has 1 spiro atoms. The summed E-state index contributed by atoms with van der Waals surface area (Å²) in [6, 6.07) is 1.75. The molecule has 2 aliphatic heterocycles. The summed E-state index contributed by atoms with van der Waals surface area (Å²) < 4.78 is 40.0. The SMILES string of the molecule is Cc1c(Nc2c(F)cc(F)cc2Cl)ncnc1OC1(N)C2COCC23CN(C(=O)CC2(C)CC2)CC31. The molecule has 1 aromatic heterocycles. The van der Waals surface area contributed by atoms with Gasteiger partial charge in [0.1, 0.15) is 18.0 Å². The van der Waals surface area contributed by atoms with Crippen molar-refractivity contribution in [3.05, 3.63) is 40.7 Å². The van der Waals surface area contributed by atoms with Gasteiger partial charge in [0.2, 0.25) is 11.8 Å². The lowest BCUT2D eigenvalue weighted by molar-refractivity contribution is -0.189. The van der Waals surface area contributed by atoms with Gasteiger partial charge < -0.3 is 19.7 Å². The molecular weight excluding hydrogens is 492 g/mol. The summed E-state index contributed by atoms with van der Waals surface area (Å²) in [5.74, 6) is -1.18. The third kappa shape index (κ3) is 3.56. The van der Waals surface area contributed by atoms with Crippen molar-refractivity contribution in [2.24, 2.45) is 28.4 Å². The van der Waals surface area contributed by atoms with E-state index in [0.717, 1.165) is 25.0 Å². The molecule has 4 atom stereocenters. The van der Waals surface area contributed by atoms with Crippen LogP contribution in [0.5, 0.6) is 5.88 Å². The molecule has 36 heavy (non-hydrogen) atoms. The van der Waals surface area contributed by atoms with Crippen LogP contribution in [0.15, 0.2) is 18.5 Å². The van der Waals surface area contributed by atoms with Crippen LogP contribution in [-0.4, -0.2) is 52.8 Å². The Kier molecular flexibility index (Phi) is 5.27. The predicted molar refractivity (Wildman–Crippen MR) is 128 cm³/mol. The number of hydrogen-bond donors (Lipinski definition) is 2. The third-order valence-electron chi connectivity index (χ3n) is 8.62. The van der Waals surface area contributed by atoms with Crippen LogP contribution in [0.3, 0.4) is 0 Å². The van der Waals surface area contributed by atoms with Crippen molar-refractivity contribution in [1.29, 1.82) is 0 Å². The molecule has 4 aliphatic rings. The first-order valence-corrected chi connectivity index (χ1v) is 12.5. The molecule has 2 aromatic rings. The quantitative estimate of drug-likeness (QED) is 0.560. The van der Waals surface area contributed by atoms with E-state index < -0.39 is 17.4 Å². The highest BCUT2D eigenvalue weighted by molar-refractivity contribution is 6.33. The van der Waals surface area contributed by atoms with E-state index in [2.05, 4.69) is 22.2 Å². The highest BCUT2D eigenvalue weighted by Gasteiger charge is 2.77. The average molecular weight is 520 g/mol. The first-order valence-electron chi connectivity index (χ1n) is 12.1. The molecule has 0 radical (unpaired) electrons. The fourth-order valence-electron chi connectivity index (χ4n) is 6.19. The highest BCUT2D eigenvalue weighted by Crippen LogP contribution is 2.64. The van der Waals surface area contributed by atoms with E-state index >= 15 is 0 Å². The number of benzene rings is 1. The van der Waals surface area contributed by atoms with Crippen LogP contribution in [-0.2, 0) is 9.53 Å². The summed E-state index contributed by atoms with van der Waals surface area (Å²) in [6.45, 7) is 5.99. The van der Waals surface area contributed by atoms with Gasteiger partial charge in [0.05, 0.1) is 29.5 Å². The molecule has 4 fully saturated rings. The van der Waals surface area contributed by atoms with Crippen molar-refractivity contribution in [1.82, 2.24) is 14.9 Å². The fraction of sp³-hybridized carbons (Fsp3) is 0.560. The molecule has 1 aromatic carbocycles. The van der Waals surface area contributed by atoms with E-state index in [1.54, 1.807) is 6.92 Å². The Morgan fingerprint density at radius 3 is 2.83 bits per heavy atom. The van der Waals surface area contributed by atoms with E-state index in [-0.39, 0.29) is 51.0 Å². The predicted octanol–water partition coefficient (Wildman–Crippen LogP) is 3.79. The van der Waals surface area contributed by atoms with Gasteiger partial charge in [-0.2, -0.15) is 0 Å². The van der Waals surface area contributed by atoms with Crippen LogP contribution < -0.4 is 15.8 Å². The van der Waals surface area contributed by atoms with Gasteiger partial charge in [-0.1, -0.05) is 18.5 Å². The Labute approximate surface area is 212 Å². The number of ether oxygens (including phenoxy) is 2. The fourth-order valence-corrected chi connectivity index (χ4v) is 6.43. The molecular formula is C25H28ClF2N5O3. The van der Waals surface area contributed by atoms with E-state index in [4.69, 9.17) is 26.8 Å². The van der Waals surface area contributed by atoms with Gasteiger partial charge in [0.25, 0.3) is 0 Å². The number of carbonyl (C=O) groups is 1. The smallest absolute Gasteiger partial charge is 0.223 e. The van der Waals surface area contributed by atoms with Gasteiger partial charge >= 0.3 is 0 Å². The van der Waals surface area contributed by atoms with Crippen LogP contribution in [0.25, 0.3) is 0 Å². The molecule has 0 bridgehead atoms. The Balaban J connectivity index is 1.24. The largest absolute Gasteiger partial charge is 0.455 e. The summed E-state index contributed by atoms with van der Waals surface area (Å²) in [7, 11) is 0. The van der Waals surface area contributed by atoms with Crippen molar-refractivity contribution in [2.75, 3.05) is 31.6 Å². The number of amides is 1. The maximum Gasteiger partial charge on any atom is 0.223 e. The molecule has 192 valence electrons. The van der Waals surface area contributed by atoms with Crippen LogP contribution in [0, 0.1) is 41.2 Å². The van der Waals surface area contributed by atoms with Crippen molar-refractivity contribution < 1.29 is 23.0 Å². The van der Waals surface area contributed by atoms with Crippen molar-refractivity contribution in [2.45, 2.75) is 38.8 Å². The minimum Gasteiger partial charge on any atom is -0.455 e. The number of nitrogens with one attached hydrogen (secondary N) is 1. The number of anilines is 2. The zero-order valence-electron chi connectivity index (χ0n) is 20.1. The van der Waals surface area contributed by atoms with E-state index in [1.807, 2.05) is 4.90 Å². The molecule has 11 heteroatoms. The standard InChI is InChI=1S/C25H28ClF2N5O3/c1-13-21(32-20-15(26)5-14(27)6-16(20)28)30-12-31-22(13)36-25(29)17-8-33(19(34)7-23(2)3-4-23)10-24(17)11-35-9-18(24)25/h5-6,12,17-18H,3-4,7-11,29H2,1-2H3,(H,30,31,32). The van der Waals surface area contributed by atoms with Gasteiger partial charge in [-0.05, 0) is 31.2 Å². The Hall–Kier alpha value is -2.56. The maximum absolute atomic E-state index is 14.3. The van der Waals surface area contributed by atoms with Crippen LogP contribution in [0.1, 0.15) is 31.7 Å². The number of nitrogens with two attached hydrogens (primary N) is 1.